The van der Waals surface area contributed by atoms with Crippen LogP contribution in [0.5, 0.6) is 0 Å². The monoisotopic (exact) mass is 298 g/mol. The van der Waals surface area contributed by atoms with E-state index >= 15 is 0 Å². The first-order valence-electron chi connectivity index (χ1n) is 8.90. The van der Waals surface area contributed by atoms with Gasteiger partial charge >= 0.3 is 0 Å². The van der Waals surface area contributed by atoms with Crippen LogP contribution in [-0.2, 0) is 4.79 Å². The third kappa shape index (κ3) is 17.4. The molecule has 0 radical (unpaired) electrons. The number of carbonyl (C=O) groups excluding carboxylic acids is 1. The molecule has 3 nitrogen and oxygen atoms in total. The summed E-state index contributed by atoms with van der Waals surface area (Å²) in [5.41, 5.74) is 0. The SMILES string of the molecule is [CH2-][N+](C)(C)CCCNC(=O)CCCCCCCCCCC. The molecule has 0 saturated carbocycles. The molecule has 0 spiro atoms. The zero-order valence-electron chi connectivity index (χ0n) is 14.8. The highest BCUT2D eigenvalue weighted by molar-refractivity contribution is 5.75. The van der Waals surface area contributed by atoms with E-state index in [2.05, 4.69) is 33.4 Å². The van der Waals surface area contributed by atoms with E-state index in [4.69, 9.17) is 0 Å². The number of quaternary nitrogens is 1. The summed E-state index contributed by atoms with van der Waals surface area (Å²) in [5, 5.41) is 3.00. The molecule has 0 saturated heterocycles. The van der Waals surface area contributed by atoms with E-state index in [1.165, 1.54) is 51.4 Å². The minimum Gasteiger partial charge on any atom is -0.462 e. The first kappa shape index (κ1) is 20.4. The van der Waals surface area contributed by atoms with E-state index < -0.39 is 0 Å². The van der Waals surface area contributed by atoms with Gasteiger partial charge in [0, 0.05) is 33.5 Å². The second-order valence-electron chi connectivity index (χ2n) is 6.94. The molecule has 0 rings (SSSR count). The van der Waals surface area contributed by atoms with Crippen LogP contribution in [0.3, 0.4) is 0 Å². The van der Waals surface area contributed by atoms with E-state index in [0.717, 1.165) is 25.9 Å². The van der Waals surface area contributed by atoms with E-state index in [1.807, 2.05) is 0 Å². The molecule has 0 bridgehead atoms. The molecule has 0 heterocycles. The van der Waals surface area contributed by atoms with Gasteiger partial charge in [0.2, 0.25) is 5.91 Å². The highest BCUT2D eigenvalue weighted by Gasteiger charge is 2.03. The van der Waals surface area contributed by atoms with Crippen molar-refractivity contribution in [3.8, 4) is 0 Å². The van der Waals surface area contributed by atoms with Crippen molar-refractivity contribution in [3.63, 3.8) is 0 Å². The Hall–Kier alpha value is -0.570. The predicted octanol–water partition coefficient (Wildman–Crippen LogP) is 4.28. The fraction of sp³-hybridized carbons (Fsp3) is 0.889. The Labute approximate surface area is 133 Å². The lowest BCUT2D eigenvalue weighted by molar-refractivity contribution is -0.845. The van der Waals surface area contributed by atoms with Crippen molar-refractivity contribution in [2.75, 3.05) is 27.2 Å². The maximum Gasteiger partial charge on any atom is 0.219 e. The molecule has 1 amide bonds. The number of carbonyl (C=O) groups is 1. The normalized spacial score (nSPS) is 11.6. The Bertz CT molecular complexity index is 246. The third-order valence-corrected chi connectivity index (χ3v) is 3.77. The van der Waals surface area contributed by atoms with E-state index in [0.29, 0.717) is 10.9 Å². The predicted molar refractivity (Wildman–Crippen MR) is 91.8 cm³/mol. The van der Waals surface area contributed by atoms with Crippen LogP contribution in [0.25, 0.3) is 0 Å². The van der Waals surface area contributed by atoms with Crippen molar-refractivity contribution in [3.05, 3.63) is 7.05 Å². The number of hydrogen-bond acceptors (Lipinski definition) is 1. The molecule has 0 aliphatic carbocycles. The average Bonchev–Trinajstić information content (AvgIpc) is 2.41. The largest absolute Gasteiger partial charge is 0.462 e. The van der Waals surface area contributed by atoms with E-state index in [1.54, 1.807) is 0 Å². The molecular weight excluding hydrogens is 260 g/mol. The molecule has 1 N–H and O–H groups in total. The lowest BCUT2D eigenvalue weighted by Gasteiger charge is -2.32. The van der Waals surface area contributed by atoms with Gasteiger partial charge in [-0.3, -0.25) is 4.79 Å². The van der Waals surface area contributed by atoms with Crippen LogP contribution in [-0.4, -0.2) is 37.6 Å². The molecule has 3 heteroatoms. The summed E-state index contributed by atoms with van der Waals surface area (Å²) in [6.07, 6.45) is 13.4. The van der Waals surface area contributed by atoms with Gasteiger partial charge in [-0.05, 0) is 6.42 Å². The minimum absolute atomic E-state index is 0.215. The van der Waals surface area contributed by atoms with Gasteiger partial charge in [0.1, 0.15) is 0 Å². The van der Waals surface area contributed by atoms with Gasteiger partial charge in [-0.15, -0.1) is 7.05 Å². The van der Waals surface area contributed by atoms with Crippen molar-refractivity contribution in [1.82, 2.24) is 5.32 Å². The van der Waals surface area contributed by atoms with Crippen LogP contribution < -0.4 is 5.32 Å². The number of nitrogens with one attached hydrogen (secondary N) is 1. The molecule has 21 heavy (non-hydrogen) atoms. The summed E-state index contributed by atoms with van der Waals surface area (Å²) in [5.74, 6) is 0.215. The summed E-state index contributed by atoms with van der Waals surface area (Å²) in [4.78, 5) is 11.6. The van der Waals surface area contributed by atoms with Gasteiger partial charge in [0.05, 0.1) is 6.54 Å². The second-order valence-corrected chi connectivity index (χ2v) is 6.94. The smallest absolute Gasteiger partial charge is 0.219 e. The summed E-state index contributed by atoms with van der Waals surface area (Å²) >= 11 is 0. The van der Waals surface area contributed by atoms with Gasteiger partial charge in [-0.25, -0.2) is 0 Å². The highest BCUT2D eigenvalue weighted by atomic mass is 16.1. The Morgan fingerprint density at radius 3 is 1.95 bits per heavy atom. The van der Waals surface area contributed by atoms with E-state index in [9.17, 15) is 4.79 Å². The second kappa shape index (κ2) is 13.1. The van der Waals surface area contributed by atoms with Crippen molar-refractivity contribution in [2.24, 2.45) is 0 Å². The number of hydrogen-bond donors (Lipinski definition) is 1. The topological polar surface area (TPSA) is 29.1 Å². The highest BCUT2D eigenvalue weighted by Crippen LogP contribution is 2.10. The Balaban J connectivity index is 3.23. The maximum absolute atomic E-state index is 11.6. The molecular formula is C18H38N2O. The molecule has 0 unspecified atom stereocenters. The lowest BCUT2D eigenvalue weighted by Crippen LogP contribution is -2.35. The van der Waals surface area contributed by atoms with Gasteiger partial charge in [-0.1, -0.05) is 58.3 Å². The van der Waals surface area contributed by atoms with E-state index in [-0.39, 0.29) is 5.91 Å². The van der Waals surface area contributed by atoms with Crippen LogP contribution in [0, 0.1) is 7.05 Å². The standard InChI is InChI=1S/C18H38N2O/c1-5-6-7-8-9-10-11-12-13-15-18(21)19-16-14-17-20(2,3)4/h2,5-17H2,1,3-4H3,(H,19,21). The molecule has 0 aromatic rings. The zero-order chi connectivity index (χ0) is 16.0. The summed E-state index contributed by atoms with van der Waals surface area (Å²) < 4.78 is 0.716. The number of rotatable bonds is 14. The van der Waals surface area contributed by atoms with Gasteiger partial charge in [0.15, 0.2) is 0 Å². The number of unbranched alkanes of at least 4 members (excludes halogenated alkanes) is 8. The fourth-order valence-corrected chi connectivity index (χ4v) is 2.42. The molecule has 0 aromatic heterocycles. The molecule has 0 aliphatic heterocycles. The molecule has 0 aliphatic rings. The molecule has 0 aromatic carbocycles. The Kier molecular flexibility index (Phi) is 12.8. The molecule has 0 fully saturated rings. The summed E-state index contributed by atoms with van der Waals surface area (Å²) in [7, 11) is 8.16. The van der Waals surface area contributed by atoms with Crippen LogP contribution in [0.1, 0.15) is 77.6 Å². The lowest BCUT2D eigenvalue weighted by atomic mass is 10.1. The van der Waals surface area contributed by atoms with Gasteiger partial charge in [-0.2, -0.15) is 0 Å². The van der Waals surface area contributed by atoms with Crippen molar-refractivity contribution < 1.29 is 9.28 Å². The van der Waals surface area contributed by atoms with Crippen molar-refractivity contribution in [2.45, 2.75) is 77.6 Å². The maximum atomic E-state index is 11.6. The summed E-state index contributed by atoms with van der Waals surface area (Å²) in [6, 6.07) is 0. The zero-order valence-corrected chi connectivity index (χ0v) is 14.8. The average molecular weight is 299 g/mol. The van der Waals surface area contributed by atoms with Crippen LogP contribution >= 0.6 is 0 Å². The van der Waals surface area contributed by atoms with Crippen molar-refractivity contribution in [1.29, 1.82) is 0 Å². The minimum atomic E-state index is 0.215. The summed E-state index contributed by atoms with van der Waals surface area (Å²) in [6.45, 7) is 4.04. The fourth-order valence-electron chi connectivity index (χ4n) is 2.42. The van der Waals surface area contributed by atoms with Gasteiger partial charge in [0.25, 0.3) is 0 Å². The van der Waals surface area contributed by atoms with Crippen LogP contribution in [0.15, 0.2) is 0 Å². The quantitative estimate of drug-likeness (QED) is 0.289. The van der Waals surface area contributed by atoms with Crippen LogP contribution in [0.4, 0.5) is 0 Å². The molecule has 126 valence electrons. The van der Waals surface area contributed by atoms with Crippen LogP contribution in [0.2, 0.25) is 0 Å². The Morgan fingerprint density at radius 2 is 1.43 bits per heavy atom. The number of amides is 1. The molecule has 0 atom stereocenters. The third-order valence-electron chi connectivity index (χ3n) is 3.77. The Morgan fingerprint density at radius 1 is 0.905 bits per heavy atom. The van der Waals surface area contributed by atoms with Crippen molar-refractivity contribution >= 4 is 5.91 Å². The first-order valence-corrected chi connectivity index (χ1v) is 8.90. The van der Waals surface area contributed by atoms with Gasteiger partial charge < -0.3 is 9.80 Å². The number of nitrogens with zero attached hydrogens (tertiary/aromatic N) is 1. The first-order chi connectivity index (χ1) is 9.95.